The van der Waals surface area contributed by atoms with Crippen molar-refractivity contribution < 1.29 is 0 Å². The second-order valence-corrected chi connectivity index (χ2v) is 6.32. The fourth-order valence-corrected chi connectivity index (χ4v) is 3.36. The highest BCUT2D eigenvalue weighted by molar-refractivity contribution is 5.33. The molecule has 1 aromatic carbocycles. The van der Waals surface area contributed by atoms with Crippen LogP contribution >= 0.6 is 0 Å². The van der Waals surface area contributed by atoms with Crippen LogP contribution in [0.4, 0.5) is 0 Å². The van der Waals surface area contributed by atoms with Gasteiger partial charge in [0.15, 0.2) is 0 Å². The molecule has 2 aliphatic rings. The molecular weight excluding hydrogens is 206 g/mol. The Morgan fingerprint density at radius 2 is 2.06 bits per heavy atom. The minimum atomic E-state index is 0.439. The van der Waals surface area contributed by atoms with E-state index in [4.69, 9.17) is 0 Å². The van der Waals surface area contributed by atoms with Gasteiger partial charge in [-0.25, -0.2) is 0 Å². The van der Waals surface area contributed by atoms with Crippen molar-refractivity contribution >= 4 is 0 Å². The van der Waals surface area contributed by atoms with Gasteiger partial charge in [-0.15, -0.1) is 0 Å². The number of hydrogen-bond acceptors (Lipinski definition) is 1. The van der Waals surface area contributed by atoms with Crippen LogP contribution in [0.25, 0.3) is 0 Å². The first-order valence-corrected chi connectivity index (χ1v) is 6.98. The predicted molar refractivity (Wildman–Crippen MR) is 72.3 cm³/mol. The van der Waals surface area contributed by atoms with Gasteiger partial charge in [0.05, 0.1) is 0 Å². The van der Waals surface area contributed by atoms with Crippen LogP contribution in [-0.2, 0) is 5.41 Å². The molecule has 0 radical (unpaired) electrons. The van der Waals surface area contributed by atoms with Crippen molar-refractivity contribution in [3.63, 3.8) is 0 Å². The molecule has 0 saturated heterocycles. The molecule has 17 heavy (non-hydrogen) atoms. The molecule has 0 heterocycles. The third kappa shape index (κ3) is 2.26. The van der Waals surface area contributed by atoms with E-state index in [1.165, 1.54) is 37.8 Å². The Bertz CT molecular complexity index is 400. The molecule has 0 unspecified atom stereocenters. The summed E-state index contributed by atoms with van der Waals surface area (Å²) >= 11 is 0. The van der Waals surface area contributed by atoms with Gasteiger partial charge in [-0.3, -0.25) is 0 Å². The Hall–Kier alpha value is -0.820. The van der Waals surface area contributed by atoms with Crippen LogP contribution in [0.15, 0.2) is 24.3 Å². The van der Waals surface area contributed by atoms with Gasteiger partial charge in [0.2, 0.25) is 0 Å². The maximum atomic E-state index is 3.74. The van der Waals surface area contributed by atoms with Crippen molar-refractivity contribution in [2.75, 3.05) is 6.54 Å². The summed E-state index contributed by atoms with van der Waals surface area (Å²) in [5.41, 5.74) is 3.39. The quantitative estimate of drug-likeness (QED) is 0.834. The molecule has 0 bridgehead atoms. The molecule has 0 aromatic heterocycles. The highest BCUT2D eigenvalue weighted by Crippen LogP contribution is 2.47. The first kappa shape index (κ1) is 11.3. The normalized spacial score (nSPS) is 32.2. The summed E-state index contributed by atoms with van der Waals surface area (Å²) in [5, 5.41) is 3.74. The van der Waals surface area contributed by atoms with Crippen molar-refractivity contribution in [3.8, 4) is 0 Å². The monoisotopic (exact) mass is 229 g/mol. The van der Waals surface area contributed by atoms with E-state index in [0.717, 1.165) is 12.0 Å². The SMILES string of the molecule is Cc1cccc(C2(CNC3CC3)CC(C)C2)c1. The van der Waals surface area contributed by atoms with Gasteiger partial charge in [0, 0.05) is 18.0 Å². The van der Waals surface area contributed by atoms with Gasteiger partial charge >= 0.3 is 0 Å². The van der Waals surface area contributed by atoms with Crippen LogP contribution in [0.3, 0.4) is 0 Å². The molecular formula is C16H23N. The third-order valence-electron chi connectivity index (χ3n) is 4.42. The first-order chi connectivity index (χ1) is 8.18. The largest absolute Gasteiger partial charge is 0.313 e. The van der Waals surface area contributed by atoms with E-state index in [-0.39, 0.29) is 0 Å². The fourth-order valence-electron chi connectivity index (χ4n) is 3.36. The molecule has 1 nitrogen and oxygen atoms in total. The topological polar surface area (TPSA) is 12.0 Å². The molecule has 0 amide bonds. The van der Waals surface area contributed by atoms with E-state index in [2.05, 4.69) is 43.4 Å². The van der Waals surface area contributed by atoms with Crippen LogP contribution in [0.1, 0.15) is 43.7 Å². The molecule has 2 aliphatic carbocycles. The lowest BCUT2D eigenvalue weighted by Crippen LogP contribution is -2.48. The van der Waals surface area contributed by atoms with E-state index in [9.17, 15) is 0 Å². The van der Waals surface area contributed by atoms with Crippen molar-refractivity contribution in [3.05, 3.63) is 35.4 Å². The highest BCUT2D eigenvalue weighted by Gasteiger charge is 2.43. The van der Waals surface area contributed by atoms with Gasteiger partial charge < -0.3 is 5.32 Å². The van der Waals surface area contributed by atoms with Gasteiger partial charge in [0.25, 0.3) is 0 Å². The molecule has 1 heteroatoms. The van der Waals surface area contributed by atoms with Gasteiger partial charge in [0.1, 0.15) is 0 Å². The zero-order chi connectivity index (χ0) is 11.9. The molecule has 1 N–H and O–H groups in total. The Balaban J connectivity index is 1.78. The zero-order valence-electron chi connectivity index (χ0n) is 11.0. The highest BCUT2D eigenvalue weighted by atomic mass is 15.0. The lowest BCUT2D eigenvalue weighted by molar-refractivity contribution is 0.152. The summed E-state index contributed by atoms with van der Waals surface area (Å²) in [6.07, 6.45) is 5.49. The second-order valence-electron chi connectivity index (χ2n) is 6.32. The summed E-state index contributed by atoms with van der Waals surface area (Å²) in [6, 6.07) is 9.96. The minimum Gasteiger partial charge on any atom is -0.313 e. The van der Waals surface area contributed by atoms with Crippen LogP contribution in [0, 0.1) is 12.8 Å². The lowest BCUT2D eigenvalue weighted by atomic mass is 9.59. The number of hydrogen-bond donors (Lipinski definition) is 1. The number of benzene rings is 1. The van der Waals surface area contributed by atoms with Crippen LogP contribution in [0.5, 0.6) is 0 Å². The summed E-state index contributed by atoms with van der Waals surface area (Å²) < 4.78 is 0. The van der Waals surface area contributed by atoms with E-state index < -0.39 is 0 Å². The Morgan fingerprint density at radius 1 is 1.29 bits per heavy atom. The summed E-state index contributed by atoms with van der Waals surface area (Å²) in [4.78, 5) is 0. The molecule has 0 aliphatic heterocycles. The third-order valence-corrected chi connectivity index (χ3v) is 4.42. The Morgan fingerprint density at radius 3 is 2.65 bits per heavy atom. The van der Waals surface area contributed by atoms with Crippen molar-refractivity contribution in [1.82, 2.24) is 5.32 Å². The molecule has 2 saturated carbocycles. The van der Waals surface area contributed by atoms with Crippen LogP contribution < -0.4 is 5.32 Å². The van der Waals surface area contributed by atoms with E-state index in [1.807, 2.05) is 0 Å². The van der Waals surface area contributed by atoms with Crippen molar-refractivity contribution in [2.24, 2.45) is 5.92 Å². The minimum absolute atomic E-state index is 0.439. The predicted octanol–water partition coefficient (Wildman–Crippen LogP) is 3.41. The van der Waals surface area contributed by atoms with E-state index in [1.54, 1.807) is 5.56 Å². The maximum Gasteiger partial charge on any atom is 0.00830 e. The number of rotatable bonds is 4. The molecule has 2 fully saturated rings. The first-order valence-electron chi connectivity index (χ1n) is 6.98. The Labute approximate surface area is 105 Å². The van der Waals surface area contributed by atoms with Gasteiger partial charge in [-0.1, -0.05) is 36.8 Å². The summed E-state index contributed by atoms with van der Waals surface area (Å²) in [6.45, 7) is 5.77. The van der Waals surface area contributed by atoms with Crippen LogP contribution in [-0.4, -0.2) is 12.6 Å². The van der Waals surface area contributed by atoms with Gasteiger partial charge in [-0.2, -0.15) is 0 Å². The Kier molecular flexibility index (Phi) is 2.74. The van der Waals surface area contributed by atoms with Gasteiger partial charge in [-0.05, 0) is 44.1 Å². The van der Waals surface area contributed by atoms with E-state index in [0.29, 0.717) is 5.41 Å². The molecule has 0 atom stereocenters. The van der Waals surface area contributed by atoms with E-state index >= 15 is 0 Å². The van der Waals surface area contributed by atoms with Crippen molar-refractivity contribution in [2.45, 2.75) is 51.0 Å². The fraction of sp³-hybridized carbons (Fsp3) is 0.625. The number of aryl methyl sites for hydroxylation is 1. The molecule has 1 aromatic rings. The molecule has 92 valence electrons. The number of nitrogens with one attached hydrogen (secondary N) is 1. The average Bonchev–Trinajstić information content (AvgIpc) is 3.06. The van der Waals surface area contributed by atoms with Crippen molar-refractivity contribution in [1.29, 1.82) is 0 Å². The lowest BCUT2D eigenvalue weighted by Gasteiger charge is -2.47. The smallest absolute Gasteiger partial charge is 0.00830 e. The average molecular weight is 229 g/mol. The zero-order valence-corrected chi connectivity index (χ0v) is 11.0. The standard InChI is InChI=1S/C16H23N/c1-12-4-3-5-14(8-12)16(9-13(2)10-16)11-17-15-6-7-15/h3-5,8,13,15,17H,6-7,9-11H2,1-2H3. The molecule has 3 rings (SSSR count). The summed E-state index contributed by atoms with van der Waals surface area (Å²) in [7, 11) is 0. The maximum absolute atomic E-state index is 3.74. The second kappa shape index (κ2) is 4.13. The van der Waals surface area contributed by atoms with Crippen LogP contribution in [0.2, 0.25) is 0 Å². The summed E-state index contributed by atoms with van der Waals surface area (Å²) in [5.74, 6) is 0.900. The molecule has 0 spiro atoms.